The third kappa shape index (κ3) is 4.62. The summed E-state index contributed by atoms with van der Waals surface area (Å²) in [6.45, 7) is 9.57. The van der Waals surface area contributed by atoms with Crippen molar-refractivity contribution in [2.45, 2.75) is 39.4 Å². The maximum atomic E-state index is 11.5. The summed E-state index contributed by atoms with van der Waals surface area (Å²) in [6.07, 6.45) is 1.88. The molecule has 0 aliphatic heterocycles. The van der Waals surface area contributed by atoms with Crippen LogP contribution in [0.4, 0.5) is 4.79 Å². The van der Waals surface area contributed by atoms with E-state index in [2.05, 4.69) is 6.58 Å². The van der Waals surface area contributed by atoms with Gasteiger partial charge in [0.1, 0.15) is 12.2 Å². The molecule has 98 valence electrons. The van der Waals surface area contributed by atoms with E-state index >= 15 is 0 Å². The van der Waals surface area contributed by atoms with Gasteiger partial charge in [0.25, 0.3) is 0 Å². The van der Waals surface area contributed by atoms with Crippen molar-refractivity contribution in [3.05, 3.63) is 42.0 Å². The van der Waals surface area contributed by atoms with Crippen LogP contribution in [0, 0.1) is 0 Å². The predicted octanol–water partition coefficient (Wildman–Crippen LogP) is 4.17. The van der Waals surface area contributed by atoms with Crippen LogP contribution in [0.1, 0.15) is 38.3 Å². The second kappa shape index (κ2) is 6.24. The zero-order valence-corrected chi connectivity index (χ0v) is 11.2. The fourth-order valence-electron chi connectivity index (χ4n) is 1.22. The van der Waals surface area contributed by atoms with Gasteiger partial charge >= 0.3 is 6.16 Å². The van der Waals surface area contributed by atoms with Gasteiger partial charge in [-0.15, -0.1) is 0 Å². The third-order valence-electron chi connectivity index (χ3n) is 2.78. The van der Waals surface area contributed by atoms with Crippen molar-refractivity contribution in [2.75, 3.05) is 0 Å². The highest BCUT2D eigenvalue weighted by atomic mass is 16.7. The Morgan fingerprint density at radius 1 is 1.33 bits per heavy atom. The summed E-state index contributed by atoms with van der Waals surface area (Å²) in [5.41, 5.74) is 1.48. The summed E-state index contributed by atoms with van der Waals surface area (Å²) in [7, 11) is 0. The summed E-state index contributed by atoms with van der Waals surface area (Å²) in [5, 5.41) is 0. The molecular weight excluding hydrogens is 228 g/mol. The first kappa shape index (κ1) is 14.3. The minimum atomic E-state index is -0.630. The Morgan fingerprint density at radius 3 is 2.44 bits per heavy atom. The van der Waals surface area contributed by atoms with Crippen molar-refractivity contribution >= 4 is 12.2 Å². The van der Waals surface area contributed by atoms with E-state index in [1.807, 2.05) is 45.0 Å². The van der Waals surface area contributed by atoms with Crippen LogP contribution in [0.15, 0.2) is 30.8 Å². The number of ether oxygens (including phenoxy) is 2. The zero-order valence-electron chi connectivity index (χ0n) is 11.2. The van der Waals surface area contributed by atoms with Crippen molar-refractivity contribution in [1.29, 1.82) is 0 Å². The number of carbonyl (C=O) groups excluding carboxylic acids is 1. The molecule has 3 nitrogen and oxygen atoms in total. The lowest BCUT2D eigenvalue weighted by atomic mass is 10.1. The van der Waals surface area contributed by atoms with Crippen LogP contribution in [0.2, 0.25) is 0 Å². The maximum Gasteiger partial charge on any atom is 0.509 e. The van der Waals surface area contributed by atoms with Crippen LogP contribution in [-0.4, -0.2) is 11.8 Å². The Labute approximate surface area is 108 Å². The molecule has 0 saturated carbocycles. The van der Waals surface area contributed by atoms with Crippen LogP contribution in [-0.2, 0) is 16.1 Å². The molecule has 0 atom stereocenters. The van der Waals surface area contributed by atoms with Gasteiger partial charge in [-0.25, -0.2) is 4.79 Å². The van der Waals surface area contributed by atoms with E-state index in [1.54, 1.807) is 6.08 Å². The topological polar surface area (TPSA) is 35.5 Å². The molecule has 1 aromatic carbocycles. The Morgan fingerprint density at radius 2 is 1.94 bits per heavy atom. The lowest BCUT2D eigenvalue weighted by Crippen LogP contribution is -2.27. The second-order valence-electron chi connectivity index (χ2n) is 4.70. The van der Waals surface area contributed by atoms with Crippen molar-refractivity contribution in [1.82, 2.24) is 0 Å². The normalized spacial score (nSPS) is 10.8. The van der Waals surface area contributed by atoms with Gasteiger partial charge in [-0.05, 0) is 31.4 Å². The molecule has 0 radical (unpaired) electrons. The van der Waals surface area contributed by atoms with E-state index in [-0.39, 0.29) is 6.61 Å². The molecule has 0 aliphatic rings. The van der Waals surface area contributed by atoms with Gasteiger partial charge in [-0.2, -0.15) is 0 Å². The monoisotopic (exact) mass is 248 g/mol. The molecule has 0 saturated heterocycles. The summed E-state index contributed by atoms with van der Waals surface area (Å²) >= 11 is 0. The highest BCUT2D eigenvalue weighted by Crippen LogP contribution is 2.15. The first-order valence-electron chi connectivity index (χ1n) is 6.04. The number of carbonyl (C=O) groups is 1. The van der Waals surface area contributed by atoms with Crippen LogP contribution in [0.3, 0.4) is 0 Å². The molecule has 0 spiro atoms. The summed E-state index contributed by atoms with van der Waals surface area (Å²) in [5.74, 6) is 0. The molecule has 18 heavy (non-hydrogen) atoms. The Kier molecular flexibility index (Phi) is 4.95. The highest BCUT2D eigenvalue weighted by Gasteiger charge is 2.21. The molecule has 1 aromatic rings. The highest BCUT2D eigenvalue weighted by molar-refractivity contribution is 5.60. The number of hydrogen-bond donors (Lipinski definition) is 0. The third-order valence-corrected chi connectivity index (χ3v) is 2.78. The molecule has 0 amide bonds. The molecular formula is C15H20O3. The molecule has 0 fully saturated rings. The van der Waals surface area contributed by atoms with Crippen molar-refractivity contribution in [3.8, 4) is 0 Å². The van der Waals surface area contributed by atoms with Crippen LogP contribution >= 0.6 is 0 Å². The summed E-state index contributed by atoms with van der Waals surface area (Å²) in [6, 6.07) is 7.64. The maximum absolute atomic E-state index is 11.5. The first-order valence-corrected chi connectivity index (χ1v) is 6.04. The number of benzene rings is 1. The van der Waals surface area contributed by atoms with Crippen LogP contribution in [0.25, 0.3) is 6.08 Å². The lowest BCUT2D eigenvalue weighted by molar-refractivity contribution is -0.0213. The van der Waals surface area contributed by atoms with E-state index in [4.69, 9.17) is 9.47 Å². The lowest BCUT2D eigenvalue weighted by Gasteiger charge is -2.22. The van der Waals surface area contributed by atoms with Gasteiger partial charge in [0.05, 0.1) is 0 Å². The Bertz CT molecular complexity index is 404. The van der Waals surface area contributed by atoms with Gasteiger partial charge < -0.3 is 9.47 Å². The van der Waals surface area contributed by atoms with E-state index in [0.717, 1.165) is 17.5 Å². The molecule has 3 heteroatoms. The Hall–Kier alpha value is -1.77. The quantitative estimate of drug-likeness (QED) is 0.733. The fraction of sp³-hybridized carbons (Fsp3) is 0.400. The molecule has 0 N–H and O–H groups in total. The van der Waals surface area contributed by atoms with E-state index in [0.29, 0.717) is 0 Å². The molecule has 0 aromatic heterocycles. The van der Waals surface area contributed by atoms with Crippen molar-refractivity contribution in [2.24, 2.45) is 0 Å². The fourth-order valence-corrected chi connectivity index (χ4v) is 1.22. The molecule has 1 rings (SSSR count). The van der Waals surface area contributed by atoms with Gasteiger partial charge in [-0.3, -0.25) is 0 Å². The van der Waals surface area contributed by atoms with Crippen LogP contribution in [0.5, 0.6) is 0 Å². The summed E-state index contributed by atoms with van der Waals surface area (Å²) < 4.78 is 10.2. The smallest absolute Gasteiger partial charge is 0.429 e. The number of rotatable bonds is 5. The molecule has 0 aliphatic carbocycles. The van der Waals surface area contributed by atoms with Gasteiger partial charge in [-0.1, -0.05) is 43.8 Å². The summed E-state index contributed by atoms with van der Waals surface area (Å²) in [4.78, 5) is 11.5. The minimum absolute atomic E-state index is 0.218. The Balaban J connectivity index is 2.44. The SMILES string of the molecule is C=Cc1ccc(COC(=O)OC(C)(C)CC)cc1. The van der Waals surface area contributed by atoms with E-state index in [9.17, 15) is 4.79 Å². The van der Waals surface area contributed by atoms with E-state index in [1.165, 1.54) is 0 Å². The molecule has 0 unspecified atom stereocenters. The zero-order chi connectivity index (χ0) is 13.6. The first-order chi connectivity index (χ1) is 8.46. The average Bonchev–Trinajstić information content (AvgIpc) is 2.36. The standard InChI is InChI=1S/C15H20O3/c1-5-12-7-9-13(10-8-12)11-17-14(16)18-15(3,4)6-2/h5,7-10H,1,6,11H2,2-4H3. The predicted molar refractivity (Wildman–Crippen MR) is 72.2 cm³/mol. The largest absolute Gasteiger partial charge is 0.509 e. The second-order valence-corrected chi connectivity index (χ2v) is 4.70. The average molecular weight is 248 g/mol. The van der Waals surface area contributed by atoms with Gasteiger partial charge in [0.15, 0.2) is 0 Å². The van der Waals surface area contributed by atoms with Crippen molar-refractivity contribution < 1.29 is 14.3 Å². The van der Waals surface area contributed by atoms with Crippen molar-refractivity contribution in [3.63, 3.8) is 0 Å². The van der Waals surface area contributed by atoms with Gasteiger partial charge in [0.2, 0.25) is 0 Å². The number of hydrogen-bond acceptors (Lipinski definition) is 3. The molecule has 0 heterocycles. The molecule has 0 bridgehead atoms. The van der Waals surface area contributed by atoms with Crippen LogP contribution < -0.4 is 0 Å². The van der Waals surface area contributed by atoms with E-state index < -0.39 is 11.8 Å². The van der Waals surface area contributed by atoms with Gasteiger partial charge in [0, 0.05) is 0 Å². The minimum Gasteiger partial charge on any atom is -0.429 e.